The largest absolute Gasteiger partial charge is 0.450 e. The zero-order valence-electron chi connectivity index (χ0n) is 13.6. The van der Waals surface area contributed by atoms with Crippen LogP contribution in [0.5, 0.6) is 0 Å². The highest BCUT2D eigenvalue weighted by Gasteiger charge is 2.13. The molecule has 0 fully saturated rings. The molecule has 0 saturated carbocycles. The first kappa shape index (κ1) is 15.0. The van der Waals surface area contributed by atoms with E-state index in [-0.39, 0.29) is 0 Å². The molecule has 3 heterocycles. The third-order valence-electron chi connectivity index (χ3n) is 4.05. The van der Waals surface area contributed by atoms with E-state index >= 15 is 0 Å². The quantitative estimate of drug-likeness (QED) is 0.509. The van der Waals surface area contributed by atoms with Gasteiger partial charge in [-0.15, -0.1) is 10.2 Å². The minimum Gasteiger partial charge on any atom is -0.450 e. The molecule has 0 radical (unpaired) electrons. The Hall–Kier alpha value is -3.32. The molecule has 5 rings (SSSR count). The summed E-state index contributed by atoms with van der Waals surface area (Å²) in [5.41, 5.74) is 3.33. The highest BCUT2D eigenvalue weighted by atomic mass is 32.1. The molecule has 0 spiro atoms. The molecule has 0 saturated heterocycles. The molecular formula is C19H13N5OS. The van der Waals surface area contributed by atoms with Gasteiger partial charge in [-0.25, -0.2) is 9.97 Å². The molecule has 26 heavy (non-hydrogen) atoms. The fourth-order valence-corrected chi connectivity index (χ4v) is 3.62. The average molecular weight is 359 g/mol. The van der Waals surface area contributed by atoms with Gasteiger partial charge in [0, 0.05) is 10.9 Å². The van der Waals surface area contributed by atoms with Gasteiger partial charge in [0.15, 0.2) is 11.4 Å². The van der Waals surface area contributed by atoms with Crippen LogP contribution in [0.3, 0.4) is 0 Å². The van der Waals surface area contributed by atoms with Crippen molar-refractivity contribution in [2.75, 3.05) is 5.32 Å². The van der Waals surface area contributed by atoms with Gasteiger partial charge in [-0.1, -0.05) is 53.8 Å². The number of para-hydroxylation sites is 1. The van der Waals surface area contributed by atoms with E-state index in [4.69, 9.17) is 4.42 Å². The highest BCUT2D eigenvalue weighted by Crippen LogP contribution is 2.30. The molecule has 0 aliphatic carbocycles. The molecule has 0 bridgehead atoms. The van der Waals surface area contributed by atoms with Crippen molar-refractivity contribution in [3.8, 4) is 10.6 Å². The van der Waals surface area contributed by atoms with Crippen molar-refractivity contribution in [2.45, 2.75) is 6.54 Å². The number of fused-ring (bicyclic) bond motifs is 3. The van der Waals surface area contributed by atoms with Crippen LogP contribution in [0.15, 0.2) is 65.3 Å². The molecule has 0 unspecified atom stereocenters. The van der Waals surface area contributed by atoms with Gasteiger partial charge in [-0.05, 0) is 12.1 Å². The SMILES string of the molecule is c1ccc(-c2nnc(CNc3ncnc4c3oc3ccccc34)s2)cc1. The molecule has 1 N–H and O–H groups in total. The maximum Gasteiger partial charge on any atom is 0.196 e. The molecule has 6 nitrogen and oxygen atoms in total. The number of nitrogens with zero attached hydrogens (tertiary/aromatic N) is 4. The van der Waals surface area contributed by atoms with Gasteiger partial charge in [-0.3, -0.25) is 0 Å². The number of nitrogens with one attached hydrogen (secondary N) is 1. The summed E-state index contributed by atoms with van der Waals surface area (Å²) in [4.78, 5) is 8.68. The summed E-state index contributed by atoms with van der Waals surface area (Å²) in [5, 5.41) is 14.6. The minimum atomic E-state index is 0.521. The monoisotopic (exact) mass is 359 g/mol. The molecule has 126 valence electrons. The van der Waals surface area contributed by atoms with E-state index < -0.39 is 0 Å². The second-order valence-electron chi connectivity index (χ2n) is 5.72. The summed E-state index contributed by atoms with van der Waals surface area (Å²) >= 11 is 1.56. The van der Waals surface area contributed by atoms with Gasteiger partial charge in [-0.2, -0.15) is 0 Å². The Balaban J connectivity index is 1.43. The lowest BCUT2D eigenvalue weighted by Crippen LogP contribution is -2.01. The fraction of sp³-hybridized carbons (Fsp3) is 0.0526. The number of hydrogen-bond donors (Lipinski definition) is 1. The van der Waals surface area contributed by atoms with Crippen LogP contribution in [0.25, 0.3) is 32.6 Å². The first-order valence-corrected chi connectivity index (χ1v) is 8.94. The molecule has 5 aromatic rings. The van der Waals surface area contributed by atoms with Crippen LogP contribution in [0, 0.1) is 0 Å². The van der Waals surface area contributed by atoms with E-state index in [0.29, 0.717) is 17.9 Å². The summed E-state index contributed by atoms with van der Waals surface area (Å²) in [5.74, 6) is 0.655. The van der Waals surface area contributed by atoms with Crippen molar-refractivity contribution in [3.05, 3.63) is 65.9 Å². The maximum atomic E-state index is 5.93. The van der Waals surface area contributed by atoms with Crippen LogP contribution in [-0.2, 0) is 6.54 Å². The van der Waals surface area contributed by atoms with Gasteiger partial charge in [0.05, 0.1) is 6.54 Å². The first-order valence-electron chi connectivity index (χ1n) is 8.12. The Morgan fingerprint density at radius 2 is 1.77 bits per heavy atom. The van der Waals surface area contributed by atoms with Crippen molar-refractivity contribution < 1.29 is 4.42 Å². The van der Waals surface area contributed by atoms with E-state index in [1.54, 1.807) is 17.7 Å². The van der Waals surface area contributed by atoms with E-state index in [0.717, 1.165) is 32.1 Å². The van der Waals surface area contributed by atoms with Gasteiger partial charge < -0.3 is 9.73 Å². The molecule has 0 aliphatic rings. The van der Waals surface area contributed by atoms with Crippen molar-refractivity contribution in [3.63, 3.8) is 0 Å². The van der Waals surface area contributed by atoms with Gasteiger partial charge in [0.2, 0.25) is 0 Å². The van der Waals surface area contributed by atoms with Crippen LogP contribution in [0.1, 0.15) is 5.01 Å². The fourth-order valence-electron chi connectivity index (χ4n) is 2.83. The summed E-state index contributed by atoms with van der Waals surface area (Å²) in [7, 11) is 0. The molecule has 7 heteroatoms. The molecule has 0 atom stereocenters. The highest BCUT2D eigenvalue weighted by molar-refractivity contribution is 7.14. The summed E-state index contributed by atoms with van der Waals surface area (Å²) in [6, 6.07) is 17.9. The van der Waals surface area contributed by atoms with Gasteiger partial charge in [0.1, 0.15) is 27.4 Å². The number of furan rings is 1. The number of benzene rings is 2. The van der Waals surface area contributed by atoms with Crippen molar-refractivity contribution in [2.24, 2.45) is 0 Å². The Labute approximate surface area is 152 Å². The predicted molar refractivity (Wildman–Crippen MR) is 102 cm³/mol. The second-order valence-corrected chi connectivity index (χ2v) is 6.78. The summed E-state index contributed by atoms with van der Waals surface area (Å²) in [6.45, 7) is 0.521. The van der Waals surface area contributed by atoms with E-state index in [1.807, 2.05) is 54.6 Å². The second kappa shape index (κ2) is 6.20. The van der Waals surface area contributed by atoms with E-state index in [1.165, 1.54) is 0 Å². The topological polar surface area (TPSA) is 76.7 Å². The lowest BCUT2D eigenvalue weighted by molar-refractivity contribution is 0.666. The van der Waals surface area contributed by atoms with Gasteiger partial charge >= 0.3 is 0 Å². The van der Waals surface area contributed by atoms with Crippen molar-refractivity contribution in [1.82, 2.24) is 20.2 Å². The third-order valence-corrected chi connectivity index (χ3v) is 5.02. The maximum absolute atomic E-state index is 5.93. The zero-order valence-corrected chi connectivity index (χ0v) is 14.4. The molecular weight excluding hydrogens is 346 g/mol. The molecule has 0 amide bonds. The van der Waals surface area contributed by atoms with E-state index in [9.17, 15) is 0 Å². The number of rotatable bonds is 4. The Morgan fingerprint density at radius 1 is 0.923 bits per heavy atom. The predicted octanol–water partition coefficient (Wildman–Crippen LogP) is 4.51. The Morgan fingerprint density at radius 3 is 2.69 bits per heavy atom. The van der Waals surface area contributed by atoms with E-state index in [2.05, 4.69) is 25.5 Å². The molecule has 0 aliphatic heterocycles. The van der Waals surface area contributed by atoms with Crippen LogP contribution >= 0.6 is 11.3 Å². The number of hydrogen-bond acceptors (Lipinski definition) is 7. The molecule has 3 aromatic heterocycles. The number of anilines is 1. The average Bonchev–Trinajstić information content (AvgIpc) is 3.32. The summed E-state index contributed by atoms with van der Waals surface area (Å²) in [6.07, 6.45) is 1.54. The lowest BCUT2D eigenvalue weighted by Gasteiger charge is -2.02. The molecule has 2 aromatic carbocycles. The van der Waals surface area contributed by atoms with Crippen molar-refractivity contribution in [1.29, 1.82) is 0 Å². The van der Waals surface area contributed by atoms with Crippen LogP contribution in [0.2, 0.25) is 0 Å². The van der Waals surface area contributed by atoms with Gasteiger partial charge in [0.25, 0.3) is 0 Å². The minimum absolute atomic E-state index is 0.521. The van der Waals surface area contributed by atoms with Crippen LogP contribution in [0.4, 0.5) is 5.82 Å². The standard InChI is InChI=1S/C19H13N5OS/c1-2-6-12(7-3-1)19-24-23-15(26-19)10-20-18-17-16(21-11-22-18)13-8-4-5-9-14(13)25-17/h1-9,11H,10H2,(H,20,21,22). The van der Waals surface area contributed by atoms with Crippen LogP contribution < -0.4 is 5.32 Å². The Kier molecular flexibility index (Phi) is 3.57. The smallest absolute Gasteiger partial charge is 0.196 e. The summed E-state index contributed by atoms with van der Waals surface area (Å²) < 4.78 is 5.93. The third kappa shape index (κ3) is 2.58. The Bertz CT molecular complexity index is 1200. The normalized spacial score (nSPS) is 11.2. The van der Waals surface area contributed by atoms with Crippen molar-refractivity contribution >= 4 is 39.2 Å². The number of aromatic nitrogens is 4. The first-order chi connectivity index (χ1) is 12.9. The van der Waals surface area contributed by atoms with Crippen LogP contribution in [-0.4, -0.2) is 20.2 Å². The zero-order chi connectivity index (χ0) is 17.3. The lowest BCUT2D eigenvalue weighted by atomic mass is 10.2.